The highest BCUT2D eigenvalue weighted by molar-refractivity contribution is 6.11. The van der Waals surface area contributed by atoms with Gasteiger partial charge in [-0.25, -0.2) is 0 Å². The van der Waals surface area contributed by atoms with E-state index >= 15 is 0 Å². The summed E-state index contributed by atoms with van der Waals surface area (Å²) in [5.74, 6) is 0. The molecule has 0 radical (unpaired) electrons. The van der Waals surface area contributed by atoms with Crippen LogP contribution in [-0.4, -0.2) is 22.3 Å². The summed E-state index contributed by atoms with van der Waals surface area (Å²) in [5.41, 5.74) is 3.61. The standard InChI is InChI=1S/C16H12BN3O4/c17-18-15(11-1-5-13(6-2-11)19(21)22)9-10-16(18)12-3-7-14(8-4-12)20(23)24/h1-10H,17H2. The molecule has 8 heteroatoms. The minimum Gasteiger partial charge on any atom is -0.393 e. The molecule has 0 aliphatic rings. The molecule has 7 nitrogen and oxygen atoms in total. The lowest BCUT2D eigenvalue weighted by Crippen LogP contribution is -1.98. The second-order valence-corrected chi connectivity index (χ2v) is 5.27. The molecule has 3 aromatic rings. The van der Waals surface area contributed by atoms with Gasteiger partial charge in [-0.3, -0.25) is 20.2 Å². The third-order valence-electron chi connectivity index (χ3n) is 3.87. The zero-order valence-electron chi connectivity index (χ0n) is 12.7. The molecule has 3 rings (SSSR count). The van der Waals surface area contributed by atoms with Gasteiger partial charge in [-0.05, 0) is 47.5 Å². The Morgan fingerprint density at radius 3 is 1.29 bits per heavy atom. The summed E-state index contributed by atoms with van der Waals surface area (Å²) >= 11 is 0. The molecular weight excluding hydrogens is 309 g/mol. The lowest BCUT2D eigenvalue weighted by molar-refractivity contribution is -0.385. The monoisotopic (exact) mass is 321 g/mol. The minimum atomic E-state index is -0.433. The molecule has 0 aliphatic carbocycles. The van der Waals surface area contributed by atoms with Crippen molar-refractivity contribution in [1.82, 2.24) is 4.48 Å². The lowest BCUT2D eigenvalue weighted by atomic mass is 10.1. The van der Waals surface area contributed by atoms with Gasteiger partial charge in [0, 0.05) is 35.7 Å². The molecule has 0 spiro atoms. The summed E-state index contributed by atoms with van der Waals surface area (Å²) in [4.78, 5) is 20.6. The van der Waals surface area contributed by atoms with E-state index in [1.807, 2.05) is 24.6 Å². The van der Waals surface area contributed by atoms with Gasteiger partial charge in [-0.2, -0.15) is 0 Å². The van der Waals surface area contributed by atoms with Crippen molar-refractivity contribution in [2.75, 3.05) is 0 Å². The Hall–Kier alpha value is -3.42. The van der Waals surface area contributed by atoms with Crippen molar-refractivity contribution in [3.05, 3.63) is 80.9 Å². The van der Waals surface area contributed by atoms with Gasteiger partial charge in [0.2, 0.25) is 7.98 Å². The van der Waals surface area contributed by atoms with Crippen LogP contribution in [0.4, 0.5) is 11.4 Å². The van der Waals surface area contributed by atoms with Gasteiger partial charge in [0.1, 0.15) is 0 Å². The Labute approximate surface area is 137 Å². The molecule has 0 bridgehead atoms. The molecular formula is C16H12BN3O4. The van der Waals surface area contributed by atoms with Gasteiger partial charge in [0.25, 0.3) is 11.4 Å². The van der Waals surface area contributed by atoms with Gasteiger partial charge in [-0.15, -0.1) is 0 Å². The van der Waals surface area contributed by atoms with Crippen LogP contribution in [0.1, 0.15) is 0 Å². The topological polar surface area (TPSA) is 91.2 Å². The lowest BCUT2D eigenvalue weighted by Gasteiger charge is -2.08. The third kappa shape index (κ3) is 2.77. The number of nitro groups is 2. The summed E-state index contributed by atoms with van der Waals surface area (Å²) < 4.78 is 1.95. The number of benzene rings is 2. The Morgan fingerprint density at radius 2 is 1.00 bits per heavy atom. The summed E-state index contributed by atoms with van der Waals surface area (Å²) in [6.07, 6.45) is 0. The fraction of sp³-hybridized carbons (Fsp3) is 0. The van der Waals surface area contributed by atoms with E-state index in [1.54, 1.807) is 24.3 Å². The highest BCUT2D eigenvalue weighted by Gasteiger charge is 2.12. The maximum atomic E-state index is 10.7. The Balaban J connectivity index is 1.96. The molecule has 0 fully saturated rings. The first-order valence-electron chi connectivity index (χ1n) is 7.13. The zero-order chi connectivity index (χ0) is 17.3. The van der Waals surface area contributed by atoms with E-state index in [1.165, 1.54) is 24.3 Å². The van der Waals surface area contributed by atoms with E-state index in [0.29, 0.717) is 0 Å². The Bertz CT molecular complexity index is 843. The fourth-order valence-corrected chi connectivity index (χ4v) is 2.60. The van der Waals surface area contributed by atoms with Crippen LogP contribution in [0.15, 0.2) is 60.7 Å². The van der Waals surface area contributed by atoms with E-state index in [-0.39, 0.29) is 11.4 Å². The zero-order valence-corrected chi connectivity index (χ0v) is 12.7. The molecule has 2 aromatic carbocycles. The van der Waals surface area contributed by atoms with Crippen LogP contribution < -0.4 is 0 Å². The molecule has 0 saturated heterocycles. The number of nitro benzene ring substituents is 2. The number of hydrogen-bond donors (Lipinski definition) is 0. The van der Waals surface area contributed by atoms with E-state index < -0.39 is 9.85 Å². The molecule has 1 heterocycles. The van der Waals surface area contributed by atoms with Gasteiger partial charge in [0.05, 0.1) is 9.85 Å². The quantitative estimate of drug-likeness (QED) is 0.419. The van der Waals surface area contributed by atoms with Crippen LogP contribution in [0, 0.1) is 20.2 Å². The predicted octanol–water partition coefficient (Wildman–Crippen LogP) is 3.03. The average Bonchev–Trinajstić information content (AvgIpc) is 2.96. The van der Waals surface area contributed by atoms with Crippen molar-refractivity contribution in [2.24, 2.45) is 0 Å². The second kappa shape index (κ2) is 6.00. The van der Waals surface area contributed by atoms with E-state index in [9.17, 15) is 20.2 Å². The molecule has 0 atom stereocenters. The van der Waals surface area contributed by atoms with Gasteiger partial charge in [0.15, 0.2) is 0 Å². The van der Waals surface area contributed by atoms with Crippen molar-refractivity contribution >= 4 is 19.4 Å². The van der Waals surface area contributed by atoms with Gasteiger partial charge < -0.3 is 4.48 Å². The Kier molecular flexibility index (Phi) is 3.87. The summed E-state index contributed by atoms with van der Waals surface area (Å²) in [6, 6.07) is 16.5. The summed E-state index contributed by atoms with van der Waals surface area (Å²) in [5, 5.41) is 21.5. The average molecular weight is 321 g/mol. The van der Waals surface area contributed by atoms with Crippen molar-refractivity contribution in [1.29, 1.82) is 0 Å². The van der Waals surface area contributed by atoms with Crippen molar-refractivity contribution in [2.45, 2.75) is 0 Å². The molecule has 24 heavy (non-hydrogen) atoms. The number of non-ortho nitro benzene ring substituents is 2. The molecule has 0 saturated carbocycles. The molecule has 0 amide bonds. The minimum absolute atomic E-state index is 0.0450. The first-order chi connectivity index (χ1) is 11.5. The fourth-order valence-electron chi connectivity index (χ4n) is 2.60. The van der Waals surface area contributed by atoms with Crippen LogP contribution in [0.5, 0.6) is 0 Å². The normalized spacial score (nSPS) is 10.5. The van der Waals surface area contributed by atoms with Crippen LogP contribution in [0.3, 0.4) is 0 Å². The van der Waals surface area contributed by atoms with Crippen LogP contribution >= 0.6 is 0 Å². The van der Waals surface area contributed by atoms with Crippen molar-refractivity contribution < 1.29 is 9.85 Å². The van der Waals surface area contributed by atoms with Crippen LogP contribution in [-0.2, 0) is 0 Å². The van der Waals surface area contributed by atoms with Crippen molar-refractivity contribution in [3.63, 3.8) is 0 Å². The Morgan fingerprint density at radius 1 is 0.667 bits per heavy atom. The smallest absolute Gasteiger partial charge is 0.269 e. The maximum Gasteiger partial charge on any atom is 0.269 e. The van der Waals surface area contributed by atoms with Gasteiger partial charge in [-0.1, -0.05) is 0 Å². The first kappa shape index (κ1) is 15.5. The maximum absolute atomic E-state index is 10.7. The van der Waals surface area contributed by atoms with Crippen LogP contribution in [0.25, 0.3) is 22.5 Å². The second-order valence-electron chi connectivity index (χ2n) is 5.27. The van der Waals surface area contributed by atoms with E-state index in [2.05, 4.69) is 0 Å². The number of aromatic nitrogens is 1. The van der Waals surface area contributed by atoms with E-state index in [4.69, 9.17) is 0 Å². The van der Waals surface area contributed by atoms with Crippen molar-refractivity contribution in [3.8, 4) is 22.5 Å². The molecule has 0 N–H and O–H groups in total. The van der Waals surface area contributed by atoms with Gasteiger partial charge >= 0.3 is 0 Å². The summed E-state index contributed by atoms with van der Waals surface area (Å²) in [6.45, 7) is 0. The molecule has 118 valence electrons. The first-order valence-corrected chi connectivity index (χ1v) is 7.13. The molecule has 1 aromatic heterocycles. The largest absolute Gasteiger partial charge is 0.393 e. The predicted molar refractivity (Wildman–Crippen MR) is 92.6 cm³/mol. The van der Waals surface area contributed by atoms with Crippen LogP contribution in [0.2, 0.25) is 0 Å². The summed E-state index contributed by atoms with van der Waals surface area (Å²) in [7, 11) is 1.88. The number of hydrogen-bond acceptors (Lipinski definition) is 4. The molecule has 0 aliphatic heterocycles. The highest BCUT2D eigenvalue weighted by Crippen LogP contribution is 2.29. The highest BCUT2D eigenvalue weighted by atomic mass is 16.6. The SMILES string of the molecule is Bn1c(-c2ccc([N+](=O)[O-])cc2)ccc1-c1ccc([N+](=O)[O-])cc1. The third-order valence-corrected chi connectivity index (χ3v) is 3.87. The number of nitrogens with zero attached hydrogens (tertiary/aromatic N) is 3. The number of rotatable bonds is 4. The molecule has 0 unspecified atom stereocenters. The van der Waals surface area contributed by atoms with E-state index in [0.717, 1.165) is 22.5 Å².